The molecule has 1 atom stereocenters. The van der Waals surface area contributed by atoms with Crippen molar-refractivity contribution in [2.24, 2.45) is 0 Å². The van der Waals surface area contributed by atoms with E-state index in [1.54, 1.807) is 0 Å². The van der Waals surface area contributed by atoms with Gasteiger partial charge in [-0.15, -0.1) is 0 Å². The van der Waals surface area contributed by atoms with E-state index in [2.05, 4.69) is 364 Å². The fourth-order valence-electron chi connectivity index (χ4n) is 17.0. The maximum Gasteiger partial charge on any atom is 0.252 e. The third-order valence-electron chi connectivity index (χ3n) is 22.7. The molecule has 0 spiro atoms. The van der Waals surface area contributed by atoms with Crippen LogP contribution in [0.1, 0.15) is 227 Å². The summed E-state index contributed by atoms with van der Waals surface area (Å²) >= 11 is 0. The molecular formula is C98H99BN2. The molecule has 4 aliphatic heterocycles. The first kappa shape index (κ1) is 67.1. The molecule has 0 radical (unpaired) electrons. The fourth-order valence-corrected chi connectivity index (χ4v) is 17.0. The van der Waals surface area contributed by atoms with Gasteiger partial charge in [0, 0.05) is 45.5 Å². The summed E-state index contributed by atoms with van der Waals surface area (Å²) in [6, 6.07) is 93.6. The van der Waals surface area contributed by atoms with Gasteiger partial charge in [0.25, 0.3) is 6.71 Å². The van der Waals surface area contributed by atoms with Gasteiger partial charge in [0.05, 0.1) is 5.69 Å². The van der Waals surface area contributed by atoms with Crippen LogP contribution >= 0.6 is 0 Å². The highest BCUT2D eigenvalue weighted by atomic mass is 15.2. The van der Waals surface area contributed by atoms with Gasteiger partial charge in [0.15, 0.2) is 0 Å². The van der Waals surface area contributed by atoms with Crippen LogP contribution in [0.5, 0.6) is 0 Å². The van der Waals surface area contributed by atoms with Crippen LogP contribution in [0.3, 0.4) is 0 Å². The topological polar surface area (TPSA) is 6.48 Å². The Balaban J connectivity index is 1.13. The van der Waals surface area contributed by atoms with Crippen LogP contribution in [0, 0.1) is 0 Å². The van der Waals surface area contributed by atoms with Crippen molar-refractivity contribution in [3.05, 3.63) is 292 Å². The molecule has 1 unspecified atom stereocenters. The molecule has 0 fully saturated rings. The Hall–Kier alpha value is -9.70. The fraction of sp³-hybridized carbons (Fsp3) is 0.265. The lowest BCUT2D eigenvalue weighted by molar-refractivity contribution is 0.807. The summed E-state index contributed by atoms with van der Waals surface area (Å²) < 4.78 is 0. The van der Waals surface area contributed by atoms with Crippen LogP contribution in [0.15, 0.2) is 237 Å². The molecule has 4 heterocycles. The molecule has 3 heteroatoms. The summed E-state index contributed by atoms with van der Waals surface area (Å²) in [6.45, 7) is 40.3. The number of hydrogen-bond donors (Lipinski definition) is 0. The van der Waals surface area contributed by atoms with E-state index in [4.69, 9.17) is 0 Å². The second kappa shape index (κ2) is 26.7. The highest BCUT2D eigenvalue weighted by Gasteiger charge is 2.46. The van der Waals surface area contributed by atoms with E-state index < -0.39 is 0 Å². The first-order valence-corrected chi connectivity index (χ1v) is 37.8. The number of fused-ring (bicyclic) bond motifs is 6. The highest BCUT2D eigenvalue weighted by molar-refractivity contribution is 7.00. The van der Waals surface area contributed by atoms with Gasteiger partial charge >= 0.3 is 0 Å². The number of benzene rings is 12. The van der Waals surface area contributed by atoms with E-state index in [1.807, 2.05) is 0 Å². The standard InChI is InChI=1S/C98H99BN2/c1-57(2)74-45-80(60(7)8)94(81(46-74)61(9)10)71-37-41-79(42-38-71)100-90-44-40-73(95-82(62(11)12)47-75(58(3)4)48-83(95)63(13)14)54-89(90)99-88-53-72(67-27-21-18-22-28-67)39-43-91(88)101-93-56-78(55-92(100)97(93)99)96-84(64(15)16)49-76(59(5)6)50-85(96)65(17)66-33-35-70(36-34-66)87-52-77(68-29-23-19-24-30-68)51-86(98(87)101)69-31-25-20-26-32-69/h18-65H,1-17H3. The normalized spacial score (nSPS) is 13.8. The summed E-state index contributed by atoms with van der Waals surface area (Å²) in [5.41, 5.74) is 42.2. The third-order valence-corrected chi connectivity index (χ3v) is 22.7. The van der Waals surface area contributed by atoms with Crippen molar-refractivity contribution in [2.75, 3.05) is 9.80 Å². The molecule has 4 bridgehead atoms. The summed E-state index contributed by atoms with van der Waals surface area (Å²) in [4.78, 5) is 5.44. The quantitative estimate of drug-likeness (QED) is 0.100. The van der Waals surface area contributed by atoms with Crippen molar-refractivity contribution in [1.29, 1.82) is 0 Å². The van der Waals surface area contributed by atoms with Crippen LogP contribution in [0.2, 0.25) is 0 Å². The maximum absolute atomic E-state index is 2.75. The maximum atomic E-state index is 2.75. The molecule has 2 nitrogen and oxygen atoms in total. The lowest BCUT2D eigenvalue weighted by atomic mass is 9.33. The van der Waals surface area contributed by atoms with Crippen molar-refractivity contribution in [2.45, 2.75) is 171 Å². The van der Waals surface area contributed by atoms with Crippen molar-refractivity contribution >= 4 is 57.2 Å². The first-order valence-electron chi connectivity index (χ1n) is 37.8. The Bertz CT molecular complexity index is 5070. The predicted molar refractivity (Wildman–Crippen MR) is 439 cm³/mol. The largest absolute Gasteiger partial charge is 0.311 e. The zero-order chi connectivity index (χ0) is 70.6. The van der Waals surface area contributed by atoms with E-state index >= 15 is 0 Å². The second-order valence-corrected chi connectivity index (χ2v) is 31.9. The minimum absolute atomic E-state index is 0.0734. The number of anilines is 6. The van der Waals surface area contributed by atoms with Crippen LogP contribution in [-0.2, 0) is 0 Å². The number of nitrogens with zero attached hydrogens (tertiary/aromatic N) is 2. The molecule has 12 aromatic carbocycles. The minimum atomic E-state index is -0.191. The SMILES string of the molecule is CC(C)c1cc(C(C)C)c(-c2ccc(N3c4ccc(-c5c(C(C)C)cc(C(C)C)cc5C(C)C)cc4B4c5cc(-c6ccccc6)ccc5N5c6cc(cc3c64)-c3c(C(C)C)cc(C(C)C)cc3C(C)c3ccc(cc3)-c3cc(-c4ccccc4)cc(-c4ccccc4)c35)cc2)c(C(C)C)c1. The Morgan fingerprint density at radius 1 is 0.277 bits per heavy atom. The van der Waals surface area contributed by atoms with Gasteiger partial charge < -0.3 is 9.80 Å². The van der Waals surface area contributed by atoms with E-state index in [9.17, 15) is 0 Å². The van der Waals surface area contributed by atoms with Crippen molar-refractivity contribution in [3.63, 3.8) is 0 Å². The van der Waals surface area contributed by atoms with E-state index in [1.165, 1.54) is 173 Å². The van der Waals surface area contributed by atoms with Crippen LogP contribution in [-0.4, -0.2) is 6.71 Å². The van der Waals surface area contributed by atoms with Crippen LogP contribution < -0.4 is 26.2 Å². The molecular weight excluding hydrogens is 1220 g/mol. The van der Waals surface area contributed by atoms with Crippen molar-refractivity contribution in [1.82, 2.24) is 0 Å². The molecule has 101 heavy (non-hydrogen) atoms. The monoisotopic (exact) mass is 1310 g/mol. The van der Waals surface area contributed by atoms with Gasteiger partial charge in [-0.1, -0.05) is 306 Å². The van der Waals surface area contributed by atoms with Gasteiger partial charge in [0.1, 0.15) is 0 Å². The molecule has 12 aromatic rings. The molecule has 4 aliphatic rings. The summed E-state index contributed by atoms with van der Waals surface area (Å²) in [7, 11) is 0. The molecule has 0 aromatic heterocycles. The van der Waals surface area contributed by atoms with Crippen molar-refractivity contribution in [3.8, 4) is 77.9 Å². The average Bonchev–Trinajstić information content (AvgIpc) is 1.04. The highest BCUT2D eigenvalue weighted by Crippen LogP contribution is 2.55. The minimum Gasteiger partial charge on any atom is -0.311 e. The molecule has 0 N–H and O–H groups in total. The molecule has 504 valence electrons. The molecule has 0 amide bonds. The van der Waals surface area contributed by atoms with Crippen LogP contribution in [0.4, 0.5) is 34.1 Å². The summed E-state index contributed by atoms with van der Waals surface area (Å²) in [6.07, 6.45) is 0. The average molecular weight is 1320 g/mol. The first-order chi connectivity index (χ1) is 48.6. The Morgan fingerprint density at radius 3 is 1.13 bits per heavy atom. The second-order valence-electron chi connectivity index (χ2n) is 31.9. The zero-order valence-electron chi connectivity index (χ0n) is 62.7. The van der Waals surface area contributed by atoms with Gasteiger partial charge in [-0.25, -0.2) is 0 Å². The lowest BCUT2D eigenvalue weighted by Gasteiger charge is -2.45. The van der Waals surface area contributed by atoms with Gasteiger partial charge in [-0.05, 0) is 235 Å². The van der Waals surface area contributed by atoms with E-state index in [-0.39, 0.29) is 18.5 Å². The summed E-state index contributed by atoms with van der Waals surface area (Å²) in [5, 5.41) is 0. The van der Waals surface area contributed by atoms with Gasteiger partial charge in [0.2, 0.25) is 0 Å². The number of hydrogen-bond acceptors (Lipinski definition) is 2. The van der Waals surface area contributed by atoms with Crippen molar-refractivity contribution < 1.29 is 0 Å². The van der Waals surface area contributed by atoms with E-state index in [0.29, 0.717) is 41.4 Å². The van der Waals surface area contributed by atoms with Gasteiger partial charge in [-0.2, -0.15) is 0 Å². The predicted octanol–water partition coefficient (Wildman–Crippen LogP) is 26.9. The Kier molecular flexibility index (Phi) is 17.7. The lowest BCUT2D eigenvalue weighted by Crippen LogP contribution is -2.61. The molecule has 0 saturated carbocycles. The molecule has 16 rings (SSSR count). The van der Waals surface area contributed by atoms with Crippen LogP contribution in [0.25, 0.3) is 77.9 Å². The van der Waals surface area contributed by atoms with E-state index in [0.717, 1.165) is 11.4 Å². The molecule has 0 saturated heterocycles. The zero-order valence-corrected chi connectivity index (χ0v) is 62.7. The Labute approximate surface area is 604 Å². The van der Waals surface area contributed by atoms with Gasteiger partial charge in [-0.3, -0.25) is 0 Å². The Morgan fingerprint density at radius 2 is 0.653 bits per heavy atom. The summed E-state index contributed by atoms with van der Waals surface area (Å²) in [5.74, 6) is 2.75. The number of rotatable bonds is 14. The molecule has 0 aliphatic carbocycles. The smallest absolute Gasteiger partial charge is 0.252 e. The third kappa shape index (κ3) is 11.8.